The van der Waals surface area contributed by atoms with Gasteiger partial charge in [0.05, 0.1) is 27.8 Å². The summed E-state index contributed by atoms with van der Waals surface area (Å²) in [6.07, 6.45) is -0.0733. The zero-order valence-electron chi connectivity index (χ0n) is 15.8. The number of anilines is 2. The van der Waals surface area contributed by atoms with Crippen LogP contribution >= 0.6 is 23.2 Å². The quantitative estimate of drug-likeness (QED) is 0.613. The highest BCUT2D eigenvalue weighted by Gasteiger charge is 2.36. The Bertz CT molecular complexity index is 1120. The number of carbonyl (C=O) groups is 2. The van der Waals surface area contributed by atoms with Gasteiger partial charge in [0.1, 0.15) is 11.9 Å². The van der Waals surface area contributed by atoms with Crippen molar-refractivity contribution in [2.75, 3.05) is 10.6 Å². The highest BCUT2D eigenvalue weighted by atomic mass is 35.5. The van der Waals surface area contributed by atoms with Crippen LogP contribution in [0.4, 0.5) is 11.5 Å². The number of halogens is 2. The minimum atomic E-state index is -0.735. The lowest BCUT2D eigenvalue weighted by atomic mass is 10.0. The third-order valence-electron chi connectivity index (χ3n) is 4.87. The van der Waals surface area contributed by atoms with Gasteiger partial charge in [0.15, 0.2) is 0 Å². The molecule has 1 aliphatic heterocycles. The molecule has 2 aromatic carbocycles. The SMILES string of the molecule is Cc1ccc(-c2c(C)nn3c2NC(=O)C3CC(=O)Nc2cccc(Cl)c2Cl)cc1. The van der Waals surface area contributed by atoms with Crippen LogP contribution < -0.4 is 10.6 Å². The maximum Gasteiger partial charge on any atom is 0.251 e. The first-order chi connectivity index (χ1) is 13.8. The van der Waals surface area contributed by atoms with Gasteiger partial charge in [0.2, 0.25) is 5.91 Å². The number of benzene rings is 2. The van der Waals surface area contributed by atoms with Gasteiger partial charge in [-0.1, -0.05) is 59.1 Å². The van der Waals surface area contributed by atoms with Gasteiger partial charge in [-0.25, -0.2) is 4.68 Å². The van der Waals surface area contributed by atoms with Crippen LogP contribution in [-0.2, 0) is 9.59 Å². The van der Waals surface area contributed by atoms with E-state index in [0.717, 1.165) is 22.4 Å². The van der Waals surface area contributed by atoms with Gasteiger partial charge in [-0.15, -0.1) is 0 Å². The third-order valence-corrected chi connectivity index (χ3v) is 5.69. The van der Waals surface area contributed by atoms with Crippen LogP contribution in [0.5, 0.6) is 0 Å². The Balaban J connectivity index is 1.59. The lowest BCUT2D eigenvalue weighted by Gasteiger charge is -2.11. The van der Waals surface area contributed by atoms with E-state index in [1.807, 2.05) is 38.1 Å². The molecule has 2 heterocycles. The molecule has 0 saturated carbocycles. The zero-order chi connectivity index (χ0) is 20.7. The molecule has 4 rings (SSSR count). The summed E-state index contributed by atoms with van der Waals surface area (Å²) in [5.41, 5.74) is 4.16. The summed E-state index contributed by atoms with van der Waals surface area (Å²) < 4.78 is 1.59. The van der Waals surface area contributed by atoms with E-state index in [-0.39, 0.29) is 23.3 Å². The first kappa shape index (κ1) is 19.5. The minimum absolute atomic E-state index is 0.0733. The van der Waals surface area contributed by atoms with Crippen molar-refractivity contribution in [2.45, 2.75) is 26.3 Å². The minimum Gasteiger partial charge on any atom is -0.325 e. The average molecular weight is 429 g/mol. The Hall–Kier alpha value is -2.83. The van der Waals surface area contributed by atoms with E-state index >= 15 is 0 Å². The largest absolute Gasteiger partial charge is 0.325 e. The Morgan fingerprint density at radius 2 is 1.90 bits per heavy atom. The second kappa shape index (κ2) is 7.54. The highest BCUT2D eigenvalue weighted by Crippen LogP contribution is 2.38. The Morgan fingerprint density at radius 3 is 2.62 bits per heavy atom. The van der Waals surface area contributed by atoms with E-state index in [9.17, 15) is 9.59 Å². The fourth-order valence-corrected chi connectivity index (χ4v) is 3.77. The number of fused-ring (bicyclic) bond motifs is 1. The molecule has 1 aromatic heterocycles. The van der Waals surface area contributed by atoms with Crippen LogP contribution in [0.2, 0.25) is 10.0 Å². The first-order valence-electron chi connectivity index (χ1n) is 9.06. The molecule has 0 saturated heterocycles. The van der Waals surface area contributed by atoms with E-state index in [1.165, 1.54) is 0 Å². The molecule has 3 aromatic rings. The second-order valence-electron chi connectivity index (χ2n) is 6.98. The number of carbonyl (C=O) groups excluding carboxylic acids is 2. The van der Waals surface area contributed by atoms with E-state index < -0.39 is 6.04 Å². The Kier molecular flexibility index (Phi) is 5.06. The van der Waals surface area contributed by atoms with Gasteiger partial charge in [-0.3, -0.25) is 9.59 Å². The van der Waals surface area contributed by atoms with Crippen molar-refractivity contribution in [3.63, 3.8) is 0 Å². The number of hydrogen-bond acceptors (Lipinski definition) is 3. The fourth-order valence-electron chi connectivity index (χ4n) is 3.43. The molecule has 148 valence electrons. The van der Waals surface area contributed by atoms with E-state index in [4.69, 9.17) is 23.2 Å². The lowest BCUT2D eigenvalue weighted by Crippen LogP contribution is -2.24. The van der Waals surface area contributed by atoms with Gasteiger partial charge >= 0.3 is 0 Å². The maximum absolute atomic E-state index is 12.6. The van der Waals surface area contributed by atoms with Crippen LogP contribution in [0.1, 0.15) is 23.7 Å². The summed E-state index contributed by atoms with van der Waals surface area (Å²) in [6.45, 7) is 3.90. The van der Waals surface area contributed by atoms with Crippen LogP contribution in [0.3, 0.4) is 0 Å². The number of nitrogens with one attached hydrogen (secondary N) is 2. The van der Waals surface area contributed by atoms with Crippen LogP contribution in [0.15, 0.2) is 42.5 Å². The molecule has 0 aliphatic carbocycles. The van der Waals surface area contributed by atoms with Gasteiger partial charge in [0, 0.05) is 5.56 Å². The zero-order valence-corrected chi connectivity index (χ0v) is 17.3. The normalized spacial score (nSPS) is 15.2. The van der Waals surface area contributed by atoms with Crippen LogP contribution in [0, 0.1) is 13.8 Å². The van der Waals surface area contributed by atoms with Gasteiger partial charge in [-0.2, -0.15) is 5.10 Å². The molecule has 0 spiro atoms. The summed E-state index contributed by atoms with van der Waals surface area (Å²) >= 11 is 12.1. The number of aromatic nitrogens is 2. The molecule has 1 unspecified atom stereocenters. The summed E-state index contributed by atoms with van der Waals surface area (Å²) in [4.78, 5) is 25.1. The van der Waals surface area contributed by atoms with Gasteiger partial charge in [0.25, 0.3) is 5.91 Å². The van der Waals surface area contributed by atoms with Crippen molar-refractivity contribution >= 4 is 46.5 Å². The fraction of sp³-hybridized carbons (Fsp3) is 0.190. The number of amides is 2. The van der Waals surface area contributed by atoms with Crippen molar-refractivity contribution in [1.29, 1.82) is 0 Å². The first-order valence-corrected chi connectivity index (χ1v) is 9.81. The molecule has 0 bridgehead atoms. The predicted octanol–water partition coefficient (Wildman–Crippen LogP) is 5.00. The van der Waals surface area contributed by atoms with E-state index in [0.29, 0.717) is 16.5 Å². The average Bonchev–Trinajstić information content (AvgIpc) is 3.14. The molecule has 2 amide bonds. The topological polar surface area (TPSA) is 76.0 Å². The molecule has 8 heteroatoms. The maximum atomic E-state index is 12.6. The molecule has 0 radical (unpaired) electrons. The summed E-state index contributed by atoms with van der Waals surface area (Å²) in [5, 5.41) is 10.7. The summed E-state index contributed by atoms with van der Waals surface area (Å²) in [6, 6.07) is 12.2. The lowest BCUT2D eigenvalue weighted by molar-refractivity contribution is -0.123. The summed E-state index contributed by atoms with van der Waals surface area (Å²) in [7, 11) is 0. The van der Waals surface area contributed by atoms with Crippen LogP contribution in [0.25, 0.3) is 11.1 Å². The Labute approximate surface area is 177 Å². The monoisotopic (exact) mass is 428 g/mol. The van der Waals surface area contributed by atoms with Crippen LogP contribution in [-0.4, -0.2) is 21.6 Å². The smallest absolute Gasteiger partial charge is 0.251 e. The van der Waals surface area contributed by atoms with Gasteiger partial charge < -0.3 is 10.6 Å². The van der Waals surface area contributed by atoms with E-state index in [1.54, 1.807) is 22.9 Å². The molecule has 1 aliphatic rings. The molecular formula is C21H18Cl2N4O2. The van der Waals surface area contributed by atoms with Crippen molar-refractivity contribution in [1.82, 2.24) is 9.78 Å². The van der Waals surface area contributed by atoms with Gasteiger partial charge in [-0.05, 0) is 31.5 Å². The number of aryl methyl sites for hydroxylation is 2. The molecule has 2 N–H and O–H groups in total. The third kappa shape index (κ3) is 3.61. The highest BCUT2D eigenvalue weighted by molar-refractivity contribution is 6.44. The molecule has 29 heavy (non-hydrogen) atoms. The standard InChI is InChI=1S/C21H18Cl2N4O2/c1-11-6-8-13(9-7-11)18-12(2)26-27-16(21(29)25-20(18)27)10-17(28)24-15-5-3-4-14(22)19(15)23/h3-9,16H,10H2,1-2H3,(H,24,28)(H,25,29). The number of rotatable bonds is 4. The molecule has 1 atom stereocenters. The van der Waals surface area contributed by atoms with Crippen molar-refractivity contribution in [3.05, 3.63) is 63.8 Å². The van der Waals surface area contributed by atoms with Crippen molar-refractivity contribution in [2.24, 2.45) is 0 Å². The van der Waals surface area contributed by atoms with Crippen molar-refractivity contribution < 1.29 is 9.59 Å². The van der Waals surface area contributed by atoms with E-state index in [2.05, 4.69) is 15.7 Å². The predicted molar refractivity (Wildman–Crippen MR) is 115 cm³/mol. The molecule has 0 fully saturated rings. The second-order valence-corrected chi connectivity index (χ2v) is 7.76. The Morgan fingerprint density at radius 1 is 1.17 bits per heavy atom. The molecule has 6 nitrogen and oxygen atoms in total. The molecular weight excluding hydrogens is 411 g/mol. The summed E-state index contributed by atoms with van der Waals surface area (Å²) in [5.74, 6) is -0.0182. The number of nitrogens with zero attached hydrogens (tertiary/aromatic N) is 2. The number of hydrogen-bond donors (Lipinski definition) is 2. The van der Waals surface area contributed by atoms with Crippen molar-refractivity contribution in [3.8, 4) is 11.1 Å².